The molecule has 2 N–H and O–H groups in total. The summed E-state index contributed by atoms with van der Waals surface area (Å²) in [6, 6.07) is 12.5. The van der Waals surface area contributed by atoms with Crippen LogP contribution in [0.3, 0.4) is 0 Å². The number of phenols is 1. The highest BCUT2D eigenvalue weighted by Gasteiger charge is 2.13. The quantitative estimate of drug-likeness (QED) is 0.842. The molecule has 90 valence electrons. The van der Waals surface area contributed by atoms with Crippen molar-refractivity contribution in [2.75, 3.05) is 0 Å². The lowest BCUT2D eigenvalue weighted by molar-refractivity contribution is 0.447. The molecule has 0 saturated carbocycles. The Morgan fingerprint density at radius 1 is 1.00 bits per heavy atom. The predicted octanol–water partition coefficient (Wildman–Crippen LogP) is 3.60. The zero-order valence-corrected chi connectivity index (χ0v) is 10.6. The van der Waals surface area contributed by atoms with Gasteiger partial charge in [-0.15, -0.1) is 0 Å². The fourth-order valence-corrected chi connectivity index (χ4v) is 2.21. The Bertz CT molecular complexity index is 519. The van der Waals surface area contributed by atoms with Crippen LogP contribution in [-0.4, -0.2) is 11.1 Å². The Kier molecular flexibility index (Phi) is 3.34. The lowest BCUT2D eigenvalue weighted by Gasteiger charge is -2.19. The number of benzene rings is 2. The Labute approximate surface area is 102 Å². The van der Waals surface area contributed by atoms with Crippen LogP contribution in [0, 0.1) is 0 Å². The second kappa shape index (κ2) is 4.76. The highest BCUT2D eigenvalue weighted by Crippen LogP contribution is 2.32. The van der Waals surface area contributed by atoms with E-state index in [2.05, 4.69) is 32.2 Å². The third-order valence-electron chi connectivity index (χ3n) is 2.98. The SMILES string of the molecule is CC(C)NC(C)c1ccc2ccccc2c1O. The van der Waals surface area contributed by atoms with E-state index >= 15 is 0 Å². The van der Waals surface area contributed by atoms with Crippen LogP contribution in [0.1, 0.15) is 32.4 Å². The molecule has 0 saturated heterocycles. The van der Waals surface area contributed by atoms with Crippen molar-refractivity contribution in [3.8, 4) is 5.75 Å². The maximum absolute atomic E-state index is 10.3. The molecule has 0 fully saturated rings. The molecule has 2 aromatic carbocycles. The minimum Gasteiger partial charge on any atom is -0.507 e. The molecule has 0 heterocycles. The average molecular weight is 229 g/mol. The molecule has 2 heteroatoms. The largest absolute Gasteiger partial charge is 0.507 e. The van der Waals surface area contributed by atoms with E-state index in [9.17, 15) is 5.11 Å². The van der Waals surface area contributed by atoms with Crippen molar-refractivity contribution >= 4 is 10.8 Å². The fraction of sp³-hybridized carbons (Fsp3) is 0.333. The molecule has 0 aliphatic heterocycles. The van der Waals surface area contributed by atoms with E-state index in [1.165, 1.54) is 0 Å². The van der Waals surface area contributed by atoms with Gasteiger partial charge in [0.2, 0.25) is 0 Å². The van der Waals surface area contributed by atoms with Crippen LogP contribution in [0.2, 0.25) is 0 Å². The Hall–Kier alpha value is -1.54. The topological polar surface area (TPSA) is 32.3 Å². The summed E-state index contributed by atoms with van der Waals surface area (Å²) in [6.07, 6.45) is 0. The van der Waals surface area contributed by atoms with Crippen molar-refractivity contribution in [1.29, 1.82) is 0 Å². The van der Waals surface area contributed by atoms with Gasteiger partial charge in [-0.2, -0.15) is 0 Å². The fourth-order valence-electron chi connectivity index (χ4n) is 2.21. The molecule has 2 aromatic rings. The van der Waals surface area contributed by atoms with Gasteiger partial charge in [-0.1, -0.05) is 50.2 Å². The van der Waals surface area contributed by atoms with E-state index < -0.39 is 0 Å². The maximum Gasteiger partial charge on any atom is 0.128 e. The number of nitrogens with one attached hydrogen (secondary N) is 1. The highest BCUT2D eigenvalue weighted by atomic mass is 16.3. The predicted molar refractivity (Wildman–Crippen MR) is 72.3 cm³/mol. The summed E-state index contributed by atoms with van der Waals surface area (Å²) in [7, 11) is 0. The number of aromatic hydroxyl groups is 1. The molecule has 17 heavy (non-hydrogen) atoms. The molecule has 0 spiro atoms. The van der Waals surface area contributed by atoms with Crippen molar-refractivity contribution < 1.29 is 5.11 Å². The Balaban J connectivity index is 2.45. The Morgan fingerprint density at radius 2 is 1.71 bits per heavy atom. The van der Waals surface area contributed by atoms with Gasteiger partial charge in [0.1, 0.15) is 5.75 Å². The molecule has 2 nitrogen and oxygen atoms in total. The summed E-state index contributed by atoms with van der Waals surface area (Å²) in [4.78, 5) is 0. The van der Waals surface area contributed by atoms with Gasteiger partial charge in [0.25, 0.3) is 0 Å². The standard InChI is InChI=1S/C15H19NO/c1-10(2)16-11(3)13-9-8-12-6-4-5-7-14(12)15(13)17/h4-11,16-17H,1-3H3. The number of hydrogen-bond acceptors (Lipinski definition) is 2. The van der Waals surface area contributed by atoms with Crippen molar-refractivity contribution in [2.24, 2.45) is 0 Å². The van der Waals surface area contributed by atoms with Gasteiger partial charge < -0.3 is 10.4 Å². The van der Waals surface area contributed by atoms with Gasteiger partial charge in [0.05, 0.1) is 0 Å². The van der Waals surface area contributed by atoms with E-state index in [4.69, 9.17) is 0 Å². The second-order valence-corrected chi connectivity index (χ2v) is 4.77. The number of fused-ring (bicyclic) bond motifs is 1. The summed E-state index contributed by atoms with van der Waals surface area (Å²) in [5.41, 5.74) is 0.956. The van der Waals surface area contributed by atoms with E-state index in [0.717, 1.165) is 16.3 Å². The first-order valence-electron chi connectivity index (χ1n) is 6.06. The number of hydrogen-bond donors (Lipinski definition) is 2. The zero-order valence-electron chi connectivity index (χ0n) is 10.6. The average Bonchev–Trinajstić information content (AvgIpc) is 2.28. The Morgan fingerprint density at radius 3 is 2.41 bits per heavy atom. The van der Waals surface area contributed by atoms with Crippen LogP contribution in [-0.2, 0) is 0 Å². The number of phenolic OH excluding ortho intramolecular Hbond substituents is 1. The van der Waals surface area contributed by atoms with Crippen molar-refractivity contribution in [1.82, 2.24) is 5.32 Å². The van der Waals surface area contributed by atoms with Gasteiger partial charge in [0, 0.05) is 23.0 Å². The molecule has 2 rings (SSSR count). The van der Waals surface area contributed by atoms with Crippen molar-refractivity contribution in [3.05, 3.63) is 42.0 Å². The first-order chi connectivity index (χ1) is 8.09. The molecular formula is C15H19NO. The molecule has 0 aromatic heterocycles. The van der Waals surface area contributed by atoms with Crippen LogP contribution in [0.5, 0.6) is 5.75 Å². The summed E-state index contributed by atoms with van der Waals surface area (Å²) in [5, 5.41) is 15.7. The van der Waals surface area contributed by atoms with Crippen LogP contribution < -0.4 is 5.32 Å². The van der Waals surface area contributed by atoms with Crippen molar-refractivity contribution in [3.63, 3.8) is 0 Å². The minimum atomic E-state index is 0.152. The van der Waals surface area contributed by atoms with Crippen LogP contribution >= 0.6 is 0 Å². The first-order valence-corrected chi connectivity index (χ1v) is 6.06. The van der Waals surface area contributed by atoms with Gasteiger partial charge >= 0.3 is 0 Å². The van der Waals surface area contributed by atoms with Gasteiger partial charge in [-0.05, 0) is 12.3 Å². The molecule has 0 aliphatic rings. The summed E-state index contributed by atoms with van der Waals surface area (Å²) in [6.45, 7) is 6.28. The van der Waals surface area contributed by atoms with Crippen molar-refractivity contribution in [2.45, 2.75) is 32.9 Å². The summed E-state index contributed by atoms with van der Waals surface area (Å²) < 4.78 is 0. The normalized spacial score (nSPS) is 13.2. The monoisotopic (exact) mass is 229 g/mol. The zero-order chi connectivity index (χ0) is 12.4. The molecule has 0 radical (unpaired) electrons. The third kappa shape index (κ3) is 2.42. The second-order valence-electron chi connectivity index (χ2n) is 4.77. The third-order valence-corrected chi connectivity index (χ3v) is 2.98. The highest BCUT2D eigenvalue weighted by molar-refractivity contribution is 5.89. The first kappa shape index (κ1) is 11.9. The maximum atomic E-state index is 10.3. The molecule has 0 aliphatic carbocycles. The van der Waals surface area contributed by atoms with E-state index in [0.29, 0.717) is 11.8 Å². The van der Waals surface area contributed by atoms with Crippen LogP contribution in [0.15, 0.2) is 36.4 Å². The molecule has 1 atom stereocenters. The van der Waals surface area contributed by atoms with Gasteiger partial charge in [0.15, 0.2) is 0 Å². The van der Waals surface area contributed by atoms with Gasteiger partial charge in [-0.3, -0.25) is 0 Å². The lowest BCUT2D eigenvalue weighted by Crippen LogP contribution is -2.26. The smallest absolute Gasteiger partial charge is 0.128 e. The summed E-state index contributed by atoms with van der Waals surface area (Å²) >= 11 is 0. The molecule has 1 unspecified atom stereocenters. The van der Waals surface area contributed by atoms with E-state index in [1.807, 2.05) is 30.3 Å². The van der Waals surface area contributed by atoms with Crippen LogP contribution in [0.4, 0.5) is 0 Å². The van der Waals surface area contributed by atoms with E-state index in [1.54, 1.807) is 0 Å². The molecule has 0 bridgehead atoms. The van der Waals surface area contributed by atoms with E-state index in [-0.39, 0.29) is 6.04 Å². The number of rotatable bonds is 3. The molecular weight excluding hydrogens is 210 g/mol. The minimum absolute atomic E-state index is 0.152. The van der Waals surface area contributed by atoms with Crippen LogP contribution in [0.25, 0.3) is 10.8 Å². The lowest BCUT2D eigenvalue weighted by atomic mass is 10.0. The summed E-state index contributed by atoms with van der Waals surface area (Å²) in [5.74, 6) is 0.392. The molecule has 0 amide bonds. The van der Waals surface area contributed by atoms with Gasteiger partial charge in [-0.25, -0.2) is 0 Å².